The smallest absolute Gasteiger partial charge is 0.254 e. The van der Waals surface area contributed by atoms with Gasteiger partial charge >= 0.3 is 0 Å². The minimum absolute atomic E-state index is 0.0330. The fraction of sp³-hybridized carbons (Fsp3) is 0.909. The molecule has 14 heavy (non-hydrogen) atoms. The van der Waals surface area contributed by atoms with E-state index in [1.807, 2.05) is 4.90 Å². The quantitative estimate of drug-likeness (QED) is 0.685. The Labute approximate surface area is 85.1 Å². The molecule has 0 spiro atoms. The van der Waals surface area contributed by atoms with Crippen molar-refractivity contribution in [2.75, 3.05) is 13.1 Å². The lowest BCUT2D eigenvalue weighted by molar-refractivity contribution is -0.159. The molecule has 0 atom stereocenters. The molecule has 1 amide bonds. The molecule has 0 aromatic rings. The highest BCUT2D eigenvalue weighted by molar-refractivity contribution is 5.86. The Kier molecular flexibility index (Phi) is 2.11. The van der Waals surface area contributed by atoms with Gasteiger partial charge in [-0.1, -0.05) is 13.8 Å². The molecular weight excluding hydrogens is 178 g/mol. The van der Waals surface area contributed by atoms with Crippen LogP contribution >= 0.6 is 0 Å². The van der Waals surface area contributed by atoms with E-state index in [-0.39, 0.29) is 11.3 Å². The summed E-state index contributed by atoms with van der Waals surface area (Å²) < 4.78 is 0. The predicted molar refractivity (Wildman–Crippen MR) is 53.8 cm³/mol. The van der Waals surface area contributed by atoms with E-state index in [4.69, 9.17) is 0 Å². The number of carbonyl (C=O) groups excluding carboxylic acids is 1. The Morgan fingerprint density at radius 2 is 1.93 bits per heavy atom. The summed E-state index contributed by atoms with van der Waals surface area (Å²) in [5.74, 6) is -0.0330. The lowest BCUT2D eigenvalue weighted by atomic mass is 9.79. The van der Waals surface area contributed by atoms with Crippen LogP contribution in [0.15, 0.2) is 0 Å². The van der Waals surface area contributed by atoms with Crippen LogP contribution in [-0.4, -0.2) is 34.6 Å². The largest absolute Gasteiger partial charge is 0.380 e. The second-order valence-electron chi connectivity index (χ2n) is 5.53. The SMILES string of the molecule is CC1(C)CCN(C(=O)C2(O)CCC2)C1. The minimum atomic E-state index is -1.000. The third kappa shape index (κ3) is 1.54. The monoisotopic (exact) mass is 197 g/mol. The molecule has 0 aromatic heterocycles. The van der Waals surface area contributed by atoms with Crippen LogP contribution in [0, 0.1) is 5.41 Å². The van der Waals surface area contributed by atoms with Crippen molar-refractivity contribution in [1.82, 2.24) is 4.90 Å². The van der Waals surface area contributed by atoms with E-state index in [2.05, 4.69) is 13.8 Å². The van der Waals surface area contributed by atoms with Gasteiger partial charge < -0.3 is 10.0 Å². The van der Waals surface area contributed by atoms with Crippen molar-refractivity contribution >= 4 is 5.91 Å². The van der Waals surface area contributed by atoms with Gasteiger partial charge in [-0.05, 0) is 31.1 Å². The highest BCUT2D eigenvalue weighted by Gasteiger charge is 2.46. The van der Waals surface area contributed by atoms with E-state index in [1.165, 1.54) is 0 Å². The number of likely N-dealkylation sites (tertiary alicyclic amines) is 1. The number of nitrogens with zero attached hydrogens (tertiary/aromatic N) is 1. The van der Waals surface area contributed by atoms with Crippen molar-refractivity contribution in [1.29, 1.82) is 0 Å². The summed E-state index contributed by atoms with van der Waals surface area (Å²) in [6.45, 7) is 5.96. The number of aliphatic hydroxyl groups is 1. The van der Waals surface area contributed by atoms with Crippen LogP contribution in [0.4, 0.5) is 0 Å². The summed E-state index contributed by atoms with van der Waals surface area (Å²) in [7, 11) is 0. The molecule has 1 saturated carbocycles. The van der Waals surface area contributed by atoms with E-state index < -0.39 is 5.60 Å². The molecular formula is C11H19NO2. The summed E-state index contributed by atoms with van der Waals surface area (Å²) in [5.41, 5.74) is -0.768. The lowest BCUT2D eigenvalue weighted by Gasteiger charge is -2.38. The third-order valence-electron chi connectivity index (χ3n) is 3.54. The zero-order valence-corrected chi connectivity index (χ0v) is 9.05. The maximum absolute atomic E-state index is 11.9. The van der Waals surface area contributed by atoms with E-state index in [0.717, 1.165) is 25.9 Å². The van der Waals surface area contributed by atoms with Crippen LogP contribution < -0.4 is 0 Å². The Morgan fingerprint density at radius 3 is 2.29 bits per heavy atom. The van der Waals surface area contributed by atoms with Crippen LogP contribution in [0.2, 0.25) is 0 Å². The van der Waals surface area contributed by atoms with Gasteiger partial charge in [-0.15, -0.1) is 0 Å². The van der Waals surface area contributed by atoms with Crippen LogP contribution in [0.25, 0.3) is 0 Å². The van der Waals surface area contributed by atoms with E-state index in [0.29, 0.717) is 12.8 Å². The predicted octanol–water partition coefficient (Wildman–Crippen LogP) is 1.16. The van der Waals surface area contributed by atoms with Gasteiger partial charge in [0.25, 0.3) is 5.91 Å². The molecule has 1 aliphatic carbocycles. The maximum atomic E-state index is 11.9. The van der Waals surface area contributed by atoms with E-state index >= 15 is 0 Å². The summed E-state index contributed by atoms with van der Waals surface area (Å²) in [5, 5.41) is 9.92. The van der Waals surface area contributed by atoms with Gasteiger partial charge in [0.2, 0.25) is 0 Å². The molecule has 2 rings (SSSR count). The Bertz CT molecular complexity index is 256. The average molecular weight is 197 g/mol. The Balaban J connectivity index is 2.00. The van der Waals surface area contributed by atoms with Crippen LogP contribution in [0.5, 0.6) is 0 Å². The first-order valence-corrected chi connectivity index (χ1v) is 5.45. The molecule has 0 unspecified atom stereocenters. The number of hydrogen-bond donors (Lipinski definition) is 1. The molecule has 1 N–H and O–H groups in total. The normalized spacial score (nSPS) is 28.6. The zero-order chi connectivity index (χ0) is 10.4. The van der Waals surface area contributed by atoms with Crippen molar-refractivity contribution in [2.24, 2.45) is 5.41 Å². The highest BCUT2D eigenvalue weighted by atomic mass is 16.3. The van der Waals surface area contributed by atoms with Crippen LogP contribution in [0.1, 0.15) is 39.5 Å². The molecule has 1 aliphatic heterocycles. The van der Waals surface area contributed by atoms with Gasteiger partial charge in [-0.2, -0.15) is 0 Å². The topological polar surface area (TPSA) is 40.5 Å². The van der Waals surface area contributed by atoms with Gasteiger partial charge in [0.15, 0.2) is 0 Å². The van der Waals surface area contributed by atoms with Crippen molar-refractivity contribution in [3.63, 3.8) is 0 Å². The molecule has 0 bridgehead atoms. The average Bonchev–Trinajstić information content (AvgIpc) is 2.40. The fourth-order valence-electron chi connectivity index (χ4n) is 2.31. The summed E-state index contributed by atoms with van der Waals surface area (Å²) in [6.07, 6.45) is 3.35. The fourth-order valence-corrected chi connectivity index (χ4v) is 2.31. The van der Waals surface area contributed by atoms with Gasteiger partial charge in [0, 0.05) is 13.1 Å². The van der Waals surface area contributed by atoms with E-state index in [1.54, 1.807) is 0 Å². The summed E-state index contributed by atoms with van der Waals surface area (Å²) in [6, 6.07) is 0. The zero-order valence-electron chi connectivity index (χ0n) is 9.05. The van der Waals surface area contributed by atoms with Crippen LogP contribution in [-0.2, 0) is 4.79 Å². The van der Waals surface area contributed by atoms with Gasteiger partial charge in [-0.25, -0.2) is 0 Å². The van der Waals surface area contributed by atoms with Gasteiger partial charge in [0.05, 0.1) is 0 Å². The highest BCUT2D eigenvalue weighted by Crippen LogP contribution is 2.37. The van der Waals surface area contributed by atoms with Crippen LogP contribution in [0.3, 0.4) is 0 Å². The standard InChI is InChI=1S/C11H19NO2/c1-10(2)6-7-12(8-10)9(13)11(14)4-3-5-11/h14H,3-8H2,1-2H3. The van der Waals surface area contributed by atoms with Gasteiger partial charge in [0.1, 0.15) is 5.60 Å². The third-order valence-corrected chi connectivity index (χ3v) is 3.54. The second kappa shape index (κ2) is 2.96. The maximum Gasteiger partial charge on any atom is 0.254 e. The number of amides is 1. The molecule has 3 nitrogen and oxygen atoms in total. The van der Waals surface area contributed by atoms with Crippen molar-refractivity contribution < 1.29 is 9.90 Å². The summed E-state index contributed by atoms with van der Waals surface area (Å²) >= 11 is 0. The molecule has 80 valence electrons. The number of carbonyl (C=O) groups is 1. The first kappa shape index (κ1) is 9.97. The minimum Gasteiger partial charge on any atom is -0.380 e. The molecule has 0 aromatic carbocycles. The Morgan fingerprint density at radius 1 is 1.29 bits per heavy atom. The van der Waals surface area contributed by atoms with Crippen molar-refractivity contribution in [3.8, 4) is 0 Å². The second-order valence-corrected chi connectivity index (χ2v) is 5.53. The molecule has 0 radical (unpaired) electrons. The molecule has 3 heteroatoms. The molecule has 2 aliphatic rings. The van der Waals surface area contributed by atoms with Crippen molar-refractivity contribution in [3.05, 3.63) is 0 Å². The Hall–Kier alpha value is -0.570. The number of hydrogen-bond acceptors (Lipinski definition) is 2. The lowest BCUT2D eigenvalue weighted by Crippen LogP contribution is -2.52. The first-order chi connectivity index (χ1) is 6.43. The molecule has 1 saturated heterocycles. The van der Waals surface area contributed by atoms with Gasteiger partial charge in [-0.3, -0.25) is 4.79 Å². The summed E-state index contributed by atoms with van der Waals surface area (Å²) in [4.78, 5) is 13.7. The van der Waals surface area contributed by atoms with E-state index in [9.17, 15) is 9.90 Å². The first-order valence-electron chi connectivity index (χ1n) is 5.45. The number of rotatable bonds is 1. The molecule has 1 heterocycles. The van der Waals surface area contributed by atoms with Crippen molar-refractivity contribution in [2.45, 2.75) is 45.1 Å². The molecule has 2 fully saturated rings.